The molecule has 2 aliphatic heterocycles. The molecule has 0 saturated carbocycles. The quantitative estimate of drug-likeness (QED) is 0.0619. The molecule has 0 unspecified atom stereocenters. The number of carbonyl (C=O) groups excluding carboxylic acids is 6. The van der Waals surface area contributed by atoms with Gasteiger partial charge in [0.2, 0.25) is 35.4 Å². The van der Waals surface area contributed by atoms with E-state index >= 15 is 0 Å². The maximum absolute atomic E-state index is 14.5. The highest BCUT2D eigenvalue weighted by molar-refractivity contribution is 5.91. The minimum Gasteiger partial charge on any atom is -0.373 e. The van der Waals surface area contributed by atoms with Gasteiger partial charge in [-0.1, -0.05) is 60.7 Å². The van der Waals surface area contributed by atoms with Crippen molar-refractivity contribution in [2.45, 2.75) is 115 Å². The summed E-state index contributed by atoms with van der Waals surface area (Å²) in [7, 11) is 6.80. The summed E-state index contributed by atoms with van der Waals surface area (Å²) in [5.74, 6) is -1.44. The van der Waals surface area contributed by atoms with Gasteiger partial charge in [0, 0.05) is 51.4 Å². The van der Waals surface area contributed by atoms with E-state index in [-0.39, 0.29) is 73.8 Å². The van der Waals surface area contributed by atoms with Crippen molar-refractivity contribution in [3.05, 3.63) is 71.8 Å². The summed E-state index contributed by atoms with van der Waals surface area (Å²) in [5, 5.41) is 17.6. The molecule has 0 aliphatic carbocycles. The standard InChI is InChI=1S/C50H80N10O8/c1-35(53-7)47(63)55-45(49(65)59-25-15-21-41(59)33-57(43(61)31-51-5)27-23-39-17-11-9-12-18-39)37(3)67-29-30-68-38(4)46(56-48(64)36(2)54-8)50(66)60-26-16-22-42(60)34-58(44(62)32-52-6)28-24-40-19-13-10-14-20-40/h9-14,17-20,35-38,41-42,45-46,51-54H,15-16,21-34H2,1-8H3,(H,55,63)(H,56,64)/t35-,36-,37+,38+,41-,42-,45-,46-/m0/s1. The number of carbonyl (C=O) groups is 6. The Balaban J connectivity index is 1.44. The summed E-state index contributed by atoms with van der Waals surface area (Å²) in [6.07, 6.45) is 2.68. The lowest BCUT2D eigenvalue weighted by molar-refractivity contribution is -0.145. The number of benzene rings is 2. The Bertz CT molecular complexity index is 1750. The average Bonchev–Trinajstić information content (AvgIpc) is 4.03. The van der Waals surface area contributed by atoms with Crippen LogP contribution in [0.5, 0.6) is 0 Å². The predicted molar refractivity (Wildman–Crippen MR) is 263 cm³/mol. The molecule has 8 atom stereocenters. The SMILES string of the molecule is CNCC(=O)N(CCc1ccccc1)C[C@@H]1CCCN1C(=O)[C@@H](NC(=O)[C@H](C)NC)[C@@H](C)OCCO[C@H](C)[C@H](NC(=O)[C@H](C)NC)C(=O)N1CCC[C@H]1CN(CCc1ccccc1)C(=O)CNC. The molecular formula is C50H80N10O8. The van der Waals surface area contributed by atoms with Gasteiger partial charge >= 0.3 is 0 Å². The van der Waals surface area contributed by atoms with E-state index in [4.69, 9.17) is 9.47 Å². The first kappa shape index (κ1) is 55.6. The van der Waals surface area contributed by atoms with Crippen LogP contribution in [0.4, 0.5) is 0 Å². The van der Waals surface area contributed by atoms with Crippen LogP contribution in [0, 0.1) is 0 Å². The van der Waals surface area contributed by atoms with Gasteiger partial charge in [-0.3, -0.25) is 28.8 Å². The molecule has 2 saturated heterocycles. The molecule has 18 nitrogen and oxygen atoms in total. The number of rotatable bonds is 29. The zero-order valence-electron chi connectivity index (χ0n) is 41.8. The van der Waals surface area contributed by atoms with Crippen molar-refractivity contribution in [1.29, 1.82) is 0 Å². The molecule has 6 amide bonds. The molecular weight excluding hydrogens is 869 g/mol. The molecule has 2 aromatic rings. The number of hydrogen-bond donors (Lipinski definition) is 6. The Labute approximate surface area is 404 Å². The Morgan fingerprint density at radius 1 is 0.588 bits per heavy atom. The highest BCUT2D eigenvalue weighted by Crippen LogP contribution is 2.23. The monoisotopic (exact) mass is 949 g/mol. The maximum Gasteiger partial charge on any atom is 0.248 e. The first-order chi connectivity index (χ1) is 32.7. The number of ether oxygens (including phenoxy) is 2. The van der Waals surface area contributed by atoms with Crippen molar-refractivity contribution in [3.8, 4) is 0 Å². The average molecular weight is 949 g/mol. The lowest BCUT2D eigenvalue weighted by Crippen LogP contribution is -2.59. The Kier molecular flexibility index (Phi) is 23.8. The molecule has 18 heteroatoms. The summed E-state index contributed by atoms with van der Waals surface area (Å²) in [6, 6.07) is 16.2. The normalized spacial score (nSPS) is 18.5. The van der Waals surface area contributed by atoms with Gasteiger partial charge in [-0.15, -0.1) is 0 Å². The fourth-order valence-electron chi connectivity index (χ4n) is 8.72. The van der Waals surface area contributed by atoms with E-state index in [9.17, 15) is 28.8 Å². The van der Waals surface area contributed by atoms with Crippen LogP contribution in [-0.4, -0.2) is 197 Å². The third-order valence-electron chi connectivity index (χ3n) is 13.1. The number of likely N-dealkylation sites (tertiary alicyclic amines) is 2. The zero-order chi connectivity index (χ0) is 49.6. The van der Waals surface area contributed by atoms with Crippen LogP contribution in [0.3, 0.4) is 0 Å². The smallest absolute Gasteiger partial charge is 0.248 e. The number of nitrogens with zero attached hydrogens (tertiary/aromatic N) is 4. The molecule has 0 spiro atoms. The van der Waals surface area contributed by atoms with E-state index in [1.54, 1.807) is 65.7 Å². The summed E-state index contributed by atoms with van der Waals surface area (Å²) in [5.41, 5.74) is 2.23. The molecule has 378 valence electrons. The van der Waals surface area contributed by atoms with E-state index < -0.39 is 36.4 Å². The van der Waals surface area contributed by atoms with Crippen molar-refractivity contribution in [3.63, 3.8) is 0 Å². The molecule has 68 heavy (non-hydrogen) atoms. The maximum atomic E-state index is 14.5. The van der Waals surface area contributed by atoms with E-state index in [1.165, 1.54) is 0 Å². The highest BCUT2D eigenvalue weighted by atomic mass is 16.5. The van der Waals surface area contributed by atoms with Gasteiger partial charge < -0.3 is 61.0 Å². The molecule has 0 bridgehead atoms. The summed E-state index contributed by atoms with van der Waals surface area (Å²) in [6.45, 7) is 9.89. The summed E-state index contributed by atoms with van der Waals surface area (Å²) in [4.78, 5) is 89.5. The van der Waals surface area contributed by atoms with Crippen LogP contribution in [-0.2, 0) is 51.1 Å². The van der Waals surface area contributed by atoms with E-state index in [0.717, 1.165) is 24.0 Å². The summed E-state index contributed by atoms with van der Waals surface area (Å²) < 4.78 is 12.5. The lowest BCUT2D eigenvalue weighted by atomic mass is 10.1. The molecule has 2 fully saturated rings. The van der Waals surface area contributed by atoms with Gasteiger partial charge in [0.1, 0.15) is 12.1 Å². The van der Waals surface area contributed by atoms with Gasteiger partial charge in [-0.25, -0.2) is 0 Å². The van der Waals surface area contributed by atoms with Gasteiger partial charge in [0.05, 0.1) is 50.6 Å². The molecule has 2 aromatic carbocycles. The van der Waals surface area contributed by atoms with Crippen LogP contribution in [0.1, 0.15) is 64.5 Å². The Morgan fingerprint density at radius 2 is 0.956 bits per heavy atom. The van der Waals surface area contributed by atoms with Crippen LogP contribution < -0.4 is 31.9 Å². The second-order valence-corrected chi connectivity index (χ2v) is 18.0. The number of likely N-dealkylation sites (N-methyl/N-ethyl adjacent to an activating group) is 4. The lowest BCUT2D eigenvalue weighted by Gasteiger charge is -2.35. The van der Waals surface area contributed by atoms with E-state index in [2.05, 4.69) is 31.9 Å². The summed E-state index contributed by atoms with van der Waals surface area (Å²) >= 11 is 0. The molecule has 4 rings (SSSR count). The van der Waals surface area contributed by atoms with Crippen molar-refractivity contribution in [2.75, 3.05) is 93.8 Å². The minimum atomic E-state index is -1.04. The molecule has 0 radical (unpaired) electrons. The molecule has 0 aromatic heterocycles. The van der Waals surface area contributed by atoms with Crippen molar-refractivity contribution < 1.29 is 38.2 Å². The van der Waals surface area contributed by atoms with Crippen molar-refractivity contribution in [1.82, 2.24) is 51.5 Å². The zero-order valence-corrected chi connectivity index (χ0v) is 41.8. The second-order valence-electron chi connectivity index (χ2n) is 18.0. The second kappa shape index (κ2) is 29.1. The first-order valence-corrected chi connectivity index (χ1v) is 24.4. The van der Waals surface area contributed by atoms with Gasteiger partial charge in [-0.2, -0.15) is 0 Å². The predicted octanol–water partition coefficient (Wildman–Crippen LogP) is 0.545. The number of nitrogens with one attached hydrogen (secondary N) is 6. The number of hydrogen-bond acceptors (Lipinski definition) is 12. The van der Waals surface area contributed by atoms with Gasteiger partial charge in [0.15, 0.2) is 0 Å². The van der Waals surface area contributed by atoms with Crippen molar-refractivity contribution in [2.24, 2.45) is 0 Å². The van der Waals surface area contributed by atoms with Crippen molar-refractivity contribution >= 4 is 35.4 Å². The van der Waals surface area contributed by atoms with Gasteiger partial charge in [-0.05, 0) is 106 Å². The third kappa shape index (κ3) is 16.9. The van der Waals surface area contributed by atoms with E-state index in [1.807, 2.05) is 70.5 Å². The molecule has 6 N–H and O–H groups in total. The molecule has 2 aliphatic rings. The largest absolute Gasteiger partial charge is 0.373 e. The minimum absolute atomic E-state index is 0.0139. The number of amides is 6. The molecule has 2 heterocycles. The van der Waals surface area contributed by atoms with Crippen LogP contribution in [0.25, 0.3) is 0 Å². The van der Waals surface area contributed by atoms with Crippen LogP contribution in [0.2, 0.25) is 0 Å². The Morgan fingerprint density at radius 3 is 1.29 bits per heavy atom. The van der Waals surface area contributed by atoms with Crippen LogP contribution >= 0.6 is 0 Å². The fraction of sp³-hybridized carbons (Fsp3) is 0.640. The topological polar surface area (TPSA) is 206 Å². The fourth-order valence-corrected chi connectivity index (χ4v) is 8.72. The highest BCUT2D eigenvalue weighted by Gasteiger charge is 2.40. The van der Waals surface area contributed by atoms with Crippen LogP contribution in [0.15, 0.2) is 60.7 Å². The third-order valence-corrected chi connectivity index (χ3v) is 13.1. The Hall–Kier alpha value is -4.98. The first-order valence-electron chi connectivity index (χ1n) is 24.4. The van der Waals surface area contributed by atoms with Gasteiger partial charge in [0.25, 0.3) is 0 Å². The van der Waals surface area contributed by atoms with E-state index in [0.29, 0.717) is 65.0 Å².